The maximum absolute atomic E-state index is 12.2. The molecule has 0 fully saturated rings. The molecule has 2 rings (SSSR count). The molecule has 0 aliphatic heterocycles. The Balaban J connectivity index is 1.59. The highest BCUT2D eigenvalue weighted by Crippen LogP contribution is 2.13. The Kier molecular flexibility index (Phi) is 13.6. The van der Waals surface area contributed by atoms with Crippen LogP contribution in [-0.4, -0.2) is 36.8 Å². The van der Waals surface area contributed by atoms with Gasteiger partial charge in [-0.1, -0.05) is 82.2 Å². The first kappa shape index (κ1) is 28.8. The standard InChI is InChI=1S/C29H37NO6/c1-2-3-4-5-6-7-8-12-21-35-29(34)24-15-17-25(18-16-24)30-27(32)19-20-28(33)36-22-26(31)23-13-10-9-11-14-23/h9-11,13-18H,2-8,12,19-22H2,1H3,(H,30,32). The summed E-state index contributed by atoms with van der Waals surface area (Å²) in [6, 6.07) is 14.9. The molecule has 194 valence electrons. The number of ketones is 1. The molecule has 0 unspecified atom stereocenters. The Bertz CT molecular complexity index is 955. The van der Waals surface area contributed by atoms with Crippen molar-refractivity contribution in [1.29, 1.82) is 0 Å². The molecule has 0 bridgehead atoms. The normalized spacial score (nSPS) is 10.5. The highest BCUT2D eigenvalue weighted by molar-refractivity contribution is 5.98. The zero-order chi connectivity index (χ0) is 26.0. The molecule has 2 aromatic rings. The lowest BCUT2D eigenvalue weighted by atomic mass is 10.1. The Morgan fingerprint density at radius 3 is 2.00 bits per heavy atom. The number of unbranched alkanes of at least 4 members (excludes halogenated alkanes) is 7. The lowest BCUT2D eigenvalue weighted by Gasteiger charge is -2.08. The molecule has 0 spiro atoms. The van der Waals surface area contributed by atoms with Crippen molar-refractivity contribution in [1.82, 2.24) is 0 Å². The van der Waals surface area contributed by atoms with Gasteiger partial charge in [-0.15, -0.1) is 0 Å². The number of ether oxygens (including phenoxy) is 2. The van der Waals surface area contributed by atoms with Crippen molar-refractivity contribution in [3.8, 4) is 0 Å². The Hall–Kier alpha value is -3.48. The molecule has 0 saturated heterocycles. The SMILES string of the molecule is CCCCCCCCCCOC(=O)c1ccc(NC(=O)CCC(=O)OCC(=O)c2ccccc2)cc1. The highest BCUT2D eigenvalue weighted by Gasteiger charge is 2.12. The number of carbonyl (C=O) groups is 4. The Morgan fingerprint density at radius 1 is 0.694 bits per heavy atom. The van der Waals surface area contributed by atoms with E-state index in [0.717, 1.165) is 12.8 Å². The third kappa shape index (κ3) is 11.8. The molecule has 2 aromatic carbocycles. The number of rotatable bonds is 17. The topological polar surface area (TPSA) is 98.8 Å². The number of hydrogen-bond acceptors (Lipinski definition) is 6. The summed E-state index contributed by atoms with van der Waals surface area (Å²) in [5.74, 6) is -1.68. The predicted octanol–water partition coefficient (Wildman–Crippen LogP) is 6.13. The molecule has 0 saturated carbocycles. The number of carbonyl (C=O) groups excluding carboxylic acids is 4. The van der Waals surface area contributed by atoms with E-state index < -0.39 is 5.97 Å². The molecular formula is C29H37NO6. The number of anilines is 1. The first-order valence-electron chi connectivity index (χ1n) is 12.8. The number of benzene rings is 2. The second kappa shape index (κ2) is 17.0. The van der Waals surface area contributed by atoms with Gasteiger partial charge in [0.1, 0.15) is 0 Å². The second-order valence-electron chi connectivity index (χ2n) is 8.69. The zero-order valence-corrected chi connectivity index (χ0v) is 21.1. The maximum atomic E-state index is 12.2. The number of hydrogen-bond donors (Lipinski definition) is 1. The van der Waals surface area contributed by atoms with Crippen LogP contribution in [0.1, 0.15) is 91.8 Å². The smallest absolute Gasteiger partial charge is 0.338 e. The van der Waals surface area contributed by atoms with Gasteiger partial charge in [-0.05, 0) is 30.7 Å². The lowest BCUT2D eigenvalue weighted by molar-refractivity contribution is -0.143. The lowest BCUT2D eigenvalue weighted by Crippen LogP contribution is -2.17. The summed E-state index contributed by atoms with van der Waals surface area (Å²) in [6.07, 6.45) is 9.21. The van der Waals surface area contributed by atoms with E-state index in [1.165, 1.54) is 38.5 Å². The van der Waals surface area contributed by atoms with Crippen LogP contribution in [0.2, 0.25) is 0 Å². The summed E-state index contributed by atoms with van der Waals surface area (Å²) >= 11 is 0. The van der Waals surface area contributed by atoms with Crippen LogP contribution < -0.4 is 5.32 Å². The summed E-state index contributed by atoms with van der Waals surface area (Å²) in [5.41, 5.74) is 1.38. The van der Waals surface area contributed by atoms with Crippen molar-refractivity contribution in [3.05, 3.63) is 65.7 Å². The highest BCUT2D eigenvalue weighted by atomic mass is 16.5. The van der Waals surface area contributed by atoms with Crippen LogP contribution in [0.4, 0.5) is 5.69 Å². The number of Topliss-reactive ketones (excluding diaryl/α,β-unsaturated/α-hetero) is 1. The maximum Gasteiger partial charge on any atom is 0.338 e. The molecule has 0 atom stereocenters. The molecule has 7 nitrogen and oxygen atoms in total. The average Bonchev–Trinajstić information content (AvgIpc) is 2.90. The Morgan fingerprint density at radius 2 is 1.33 bits per heavy atom. The van der Waals surface area contributed by atoms with Gasteiger partial charge in [0.25, 0.3) is 0 Å². The molecular weight excluding hydrogens is 458 g/mol. The summed E-state index contributed by atoms with van der Waals surface area (Å²) in [6.45, 7) is 2.25. The van der Waals surface area contributed by atoms with Crippen LogP contribution >= 0.6 is 0 Å². The largest absolute Gasteiger partial charge is 0.462 e. The fraction of sp³-hybridized carbons (Fsp3) is 0.448. The van der Waals surface area contributed by atoms with E-state index in [2.05, 4.69) is 12.2 Å². The number of esters is 2. The monoisotopic (exact) mass is 495 g/mol. The van der Waals surface area contributed by atoms with Gasteiger partial charge in [0, 0.05) is 17.7 Å². The van der Waals surface area contributed by atoms with Crippen molar-refractivity contribution < 1.29 is 28.7 Å². The third-order valence-corrected chi connectivity index (χ3v) is 5.65. The zero-order valence-electron chi connectivity index (χ0n) is 21.1. The molecule has 0 aliphatic rings. The van der Waals surface area contributed by atoms with Gasteiger partial charge in [-0.3, -0.25) is 14.4 Å². The van der Waals surface area contributed by atoms with E-state index in [4.69, 9.17) is 9.47 Å². The third-order valence-electron chi connectivity index (χ3n) is 5.65. The van der Waals surface area contributed by atoms with Crippen LogP contribution in [0.25, 0.3) is 0 Å². The average molecular weight is 496 g/mol. The minimum absolute atomic E-state index is 0.0826. The fourth-order valence-electron chi connectivity index (χ4n) is 3.54. The molecule has 0 aromatic heterocycles. The van der Waals surface area contributed by atoms with Crippen molar-refractivity contribution >= 4 is 29.3 Å². The quantitative estimate of drug-likeness (QED) is 0.161. The van der Waals surface area contributed by atoms with E-state index in [9.17, 15) is 19.2 Å². The van der Waals surface area contributed by atoms with Gasteiger partial charge in [0.15, 0.2) is 12.4 Å². The van der Waals surface area contributed by atoms with Crippen LogP contribution in [-0.2, 0) is 19.1 Å². The van der Waals surface area contributed by atoms with E-state index in [1.807, 2.05) is 0 Å². The fourth-order valence-corrected chi connectivity index (χ4v) is 3.54. The summed E-state index contributed by atoms with van der Waals surface area (Å²) in [7, 11) is 0. The van der Waals surface area contributed by atoms with Crippen LogP contribution in [0, 0.1) is 0 Å². The van der Waals surface area contributed by atoms with Crippen LogP contribution in [0.3, 0.4) is 0 Å². The van der Waals surface area contributed by atoms with Crippen molar-refractivity contribution in [2.45, 2.75) is 71.1 Å². The van der Waals surface area contributed by atoms with Gasteiger partial charge in [-0.2, -0.15) is 0 Å². The summed E-state index contributed by atoms with van der Waals surface area (Å²) in [4.78, 5) is 48.1. The minimum Gasteiger partial charge on any atom is -0.462 e. The Labute approximate surface area is 213 Å². The van der Waals surface area contributed by atoms with Crippen LogP contribution in [0.5, 0.6) is 0 Å². The summed E-state index contributed by atoms with van der Waals surface area (Å²) < 4.78 is 10.3. The first-order chi connectivity index (χ1) is 17.5. The van der Waals surface area contributed by atoms with E-state index in [-0.39, 0.29) is 37.1 Å². The van der Waals surface area contributed by atoms with Crippen LogP contribution in [0.15, 0.2) is 54.6 Å². The van der Waals surface area contributed by atoms with Gasteiger partial charge in [-0.25, -0.2) is 4.79 Å². The predicted molar refractivity (Wildman–Crippen MR) is 139 cm³/mol. The van der Waals surface area contributed by atoms with Crippen molar-refractivity contribution in [2.75, 3.05) is 18.5 Å². The molecule has 0 heterocycles. The van der Waals surface area contributed by atoms with Crippen molar-refractivity contribution in [3.63, 3.8) is 0 Å². The van der Waals surface area contributed by atoms with Gasteiger partial charge in [0.2, 0.25) is 5.91 Å². The van der Waals surface area contributed by atoms with E-state index in [1.54, 1.807) is 54.6 Å². The summed E-state index contributed by atoms with van der Waals surface area (Å²) in [5, 5.41) is 2.67. The molecule has 1 N–H and O–H groups in total. The van der Waals surface area contributed by atoms with Crippen molar-refractivity contribution in [2.24, 2.45) is 0 Å². The van der Waals surface area contributed by atoms with Gasteiger partial charge >= 0.3 is 11.9 Å². The molecule has 7 heteroatoms. The number of amides is 1. The van der Waals surface area contributed by atoms with Gasteiger partial charge < -0.3 is 14.8 Å². The van der Waals surface area contributed by atoms with E-state index in [0.29, 0.717) is 23.4 Å². The molecule has 36 heavy (non-hydrogen) atoms. The van der Waals surface area contributed by atoms with Gasteiger partial charge in [0.05, 0.1) is 18.6 Å². The van der Waals surface area contributed by atoms with E-state index >= 15 is 0 Å². The first-order valence-corrected chi connectivity index (χ1v) is 12.8. The number of nitrogens with one attached hydrogen (secondary N) is 1. The molecule has 0 radical (unpaired) electrons. The molecule has 1 amide bonds. The second-order valence-corrected chi connectivity index (χ2v) is 8.69. The molecule has 0 aliphatic carbocycles. The minimum atomic E-state index is -0.621.